The Labute approximate surface area is 128 Å². The quantitative estimate of drug-likeness (QED) is 0.578. The van der Waals surface area contributed by atoms with Crippen molar-refractivity contribution in [3.63, 3.8) is 0 Å². The standard InChI is InChI=1S/C15H20O7/c1-5-22-11(16)7-9-6-10(14(18)20-3)12(15(19)21-4)13(17)8(9)2/h6,10,12-13,17H,2,5,7H2,1,3-4H3/t10-,12-,13-/m1/s1. The zero-order chi connectivity index (χ0) is 16.9. The molecule has 0 unspecified atom stereocenters. The summed E-state index contributed by atoms with van der Waals surface area (Å²) in [6.07, 6.45) is -0.0872. The van der Waals surface area contributed by atoms with E-state index >= 15 is 0 Å². The summed E-state index contributed by atoms with van der Waals surface area (Å²) < 4.78 is 14.1. The van der Waals surface area contributed by atoms with Crippen molar-refractivity contribution in [3.05, 3.63) is 23.8 Å². The van der Waals surface area contributed by atoms with Crippen molar-refractivity contribution in [1.29, 1.82) is 0 Å². The molecule has 0 bridgehead atoms. The third-order valence-corrected chi connectivity index (χ3v) is 3.46. The van der Waals surface area contributed by atoms with E-state index in [0.717, 1.165) is 7.11 Å². The SMILES string of the molecule is C=C1C(CC(=O)OCC)=C[C@@H](C(=O)OC)[C@@H](C(=O)OC)[C@@H]1O. The van der Waals surface area contributed by atoms with Gasteiger partial charge in [0.25, 0.3) is 0 Å². The molecule has 7 nitrogen and oxygen atoms in total. The molecule has 1 N–H and O–H groups in total. The van der Waals surface area contributed by atoms with Crippen LogP contribution in [0, 0.1) is 11.8 Å². The monoisotopic (exact) mass is 312 g/mol. The Kier molecular flexibility index (Phi) is 6.30. The van der Waals surface area contributed by atoms with E-state index in [1.165, 1.54) is 13.2 Å². The maximum atomic E-state index is 11.9. The first-order valence-corrected chi connectivity index (χ1v) is 6.76. The van der Waals surface area contributed by atoms with Gasteiger partial charge in [-0.05, 0) is 18.1 Å². The molecule has 0 saturated carbocycles. The predicted molar refractivity (Wildman–Crippen MR) is 75.5 cm³/mol. The highest BCUT2D eigenvalue weighted by Gasteiger charge is 2.44. The average molecular weight is 312 g/mol. The second-order valence-electron chi connectivity index (χ2n) is 4.74. The molecule has 1 aliphatic rings. The topological polar surface area (TPSA) is 99.1 Å². The van der Waals surface area contributed by atoms with E-state index in [1.54, 1.807) is 6.92 Å². The highest BCUT2D eigenvalue weighted by molar-refractivity contribution is 5.86. The van der Waals surface area contributed by atoms with Crippen LogP contribution in [-0.2, 0) is 28.6 Å². The number of ether oxygens (including phenoxy) is 3. The van der Waals surface area contributed by atoms with Crippen LogP contribution in [0.25, 0.3) is 0 Å². The summed E-state index contributed by atoms with van der Waals surface area (Å²) >= 11 is 0. The maximum Gasteiger partial charge on any atom is 0.313 e. The van der Waals surface area contributed by atoms with Gasteiger partial charge >= 0.3 is 17.9 Å². The highest BCUT2D eigenvalue weighted by Crippen LogP contribution is 2.35. The number of carbonyl (C=O) groups excluding carboxylic acids is 3. The Morgan fingerprint density at radius 2 is 1.82 bits per heavy atom. The molecule has 0 aromatic carbocycles. The molecule has 0 radical (unpaired) electrons. The molecule has 1 rings (SSSR count). The lowest BCUT2D eigenvalue weighted by molar-refractivity contribution is -0.159. The summed E-state index contributed by atoms with van der Waals surface area (Å²) in [5, 5.41) is 10.3. The number of carbonyl (C=O) groups is 3. The second-order valence-corrected chi connectivity index (χ2v) is 4.74. The normalized spacial score (nSPS) is 24.3. The Morgan fingerprint density at radius 1 is 1.23 bits per heavy atom. The first-order valence-electron chi connectivity index (χ1n) is 6.76. The fourth-order valence-corrected chi connectivity index (χ4v) is 2.33. The molecule has 0 aliphatic heterocycles. The minimum atomic E-state index is -1.34. The van der Waals surface area contributed by atoms with Crippen LogP contribution in [0.3, 0.4) is 0 Å². The van der Waals surface area contributed by atoms with Gasteiger partial charge in [-0.3, -0.25) is 14.4 Å². The first kappa shape index (κ1) is 17.9. The molecule has 22 heavy (non-hydrogen) atoms. The van der Waals surface area contributed by atoms with E-state index in [4.69, 9.17) is 4.74 Å². The summed E-state index contributed by atoms with van der Waals surface area (Å²) in [5.41, 5.74) is 0.533. The van der Waals surface area contributed by atoms with Gasteiger partial charge in [0.2, 0.25) is 0 Å². The molecule has 0 spiro atoms. The predicted octanol–water partition coefficient (Wildman–Crippen LogP) is 0.375. The first-order chi connectivity index (χ1) is 10.4. The van der Waals surface area contributed by atoms with Gasteiger partial charge in [-0.1, -0.05) is 12.7 Å². The van der Waals surface area contributed by atoms with E-state index in [2.05, 4.69) is 16.1 Å². The Bertz CT molecular complexity index is 506. The van der Waals surface area contributed by atoms with Crippen LogP contribution < -0.4 is 0 Å². The van der Waals surface area contributed by atoms with E-state index in [1.807, 2.05) is 0 Å². The summed E-state index contributed by atoms with van der Waals surface area (Å²) in [5.74, 6) is -4.18. The zero-order valence-electron chi connectivity index (χ0n) is 12.8. The smallest absolute Gasteiger partial charge is 0.313 e. The Morgan fingerprint density at radius 3 is 2.32 bits per heavy atom. The molecule has 0 fully saturated rings. The Balaban J connectivity index is 3.16. The lowest BCUT2D eigenvalue weighted by Gasteiger charge is -2.32. The molecule has 3 atom stereocenters. The van der Waals surface area contributed by atoms with Crippen LogP contribution in [0.4, 0.5) is 0 Å². The van der Waals surface area contributed by atoms with E-state index in [-0.39, 0.29) is 18.6 Å². The van der Waals surface area contributed by atoms with Gasteiger partial charge in [0.15, 0.2) is 0 Å². The van der Waals surface area contributed by atoms with Gasteiger partial charge in [-0.2, -0.15) is 0 Å². The number of rotatable bonds is 5. The number of esters is 3. The minimum Gasteiger partial charge on any atom is -0.469 e. The van der Waals surface area contributed by atoms with Crippen LogP contribution in [0.5, 0.6) is 0 Å². The van der Waals surface area contributed by atoms with Gasteiger partial charge in [0.05, 0.1) is 39.3 Å². The van der Waals surface area contributed by atoms with Gasteiger partial charge < -0.3 is 19.3 Å². The summed E-state index contributed by atoms with van der Waals surface area (Å²) in [6.45, 7) is 5.57. The van der Waals surface area contributed by atoms with Crippen molar-refractivity contribution >= 4 is 17.9 Å². The van der Waals surface area contributed by atoms with Crippen molar-refractivity contribution in [2.24, 2.45) is 11.8 Å². The molecular formula is C15H20O7. The fourth-order valence-electron chi connectivity index (χ4n) is 2.33. The molecule has 0 aromatic rings. The molecular weight excluding hydrogens is 292 g/mol. The number of hydrogen-bond acceptors (Lipinski definition) is 7. The van der Waals surface area contributed by atoms with Crippen molar-refractivity contribution in [1.82, 2.24) is 0 Å². The van der Waals surface area contributed by atoms with Gasteiger partial charge in [0.1, 0.15) is 5.92 Å². The highest BCUT2D eigenvalue weighted by atomic mass is 16.5. The molecule has 0 heterocycles. The molecule has 122 valence electrons. The largest absolute Gasteiger partial charge is 0.469 e. The molecule has 0 amide bonds. The summed E-state index contributed by atoms with van der Waals surface area (Å²) in [6, 6.07) is 0. The van der Waals surface area contributed by atoms with Crippen LogP contribution >= 0.6 is 0 Å². The third-order valence-electron chi connectivity index (χ3n) is 3.46. The average Bonchev–Trinajstić information content (AvgIpc) is 2.50. The van der Waals surface area contributed by atoms with Crippen LogP contribution in [-0.4, -0.2) is 49.9 Å². The van der Waals surface area contributed by atoms with Crippen LogP contribution in [0.2, 0.25) is 0 Å². The lowest BCUT2D eigenvalue weighted by Crippen LogP contribution is -2.43. The van der Waals surface area contributed by atoms with Gasteiger partial charge in [-0.25, -0.2) is 0 Å². The Hall–Kier alpha value is -2.15. The molecule has 7 heteroatoms. The van der Waals surface area contributed by atoms with Gasteiger partial charge in [-0.15, -0.1) is 0 Å². The van der Waals surface area contributed by atoms with E-state index < -0.39 is 35.8 Å². The number of hydrogen-bond donors (Lipinski definition) is 1. The maximum absolute atomic E-state index is 11.9. The van der Waals surface area contributed by atoms with Crippen molar-refractivity contribution in [2.75, 3.05) is 20.8 Å². The molecule has 0 saturated heterocycles. The summed E-state index contributed by atoms with van der Waals surface area (Å²) in [4.78, 5) is 35.3. The zero-order valence-corrected chi connectivity index (χ0v) is 12.8. The van der Waals surface area contributed by atoms with Crippen molar-refractivity contribution < 1.29 is 33.7 Å². The van der Waals surface area contributed by atoms with Crippen molar-refractivity contribution in [3.8, 4) is 0 Å². The number of methoxy groups -OCH3 is 2. The van der Waals surface area contributed by atoms with Crippen molar-refractivity contribution in [2.45, 2.75) is 19.4 Å². The molecule has 0 aromatic heterocycles. The summed E-state index contributed by atoms with van der Waals surface area (Å²) in [7, 11) is 2.33. The van der Waals surface area contributed by atoms with E-state index in [0.29, 0.717) is 5.57 Å². The second kappa shape index (κ2) is 7.74. The van der Waals surface area contributed by atoms with Crippen LogP contribution in [0.15, 0.2) is 23.8 Å². The fraction of sp³-hybridized carbons (Fsp3) is 0.533. The molecule has 1 aliphatic carbocycles. The number of aliphatic hydroxyl groups excluding tert-OH is 1. The van der Waals surface area contributed by atoms with Gasteiger partial charge in [0, 0.05) is 0 Å². The third kappa shape index (κ3) is 3.73. The minimum absolute atomic E-state index is 0.148. The van der Waals surface area contributed by atoms with E-state index in [9.17, 15) is 19.5 Å². The lowest BCUT2D eigenvalue weighted by atomic mass is 9.75. The number of aliphatic hydroxyl groups is 1. The van der Waals surface area contributed by atoms with Crippen LogP contribution in [0.1, 0.15) is 13.3 Å².